The average molecular weight is 447 g/mol. The molecule has 2 aliphatic carbocycles. The maximum absolute atomic E-state index is 5.04. The van der Waals surface area contributed by atoms with E-state index in [0.717, 1.165) is 35.0 Å². The van der Waals surface area contributed by atoms with Crippen LogP contribution in [0.15, 0.2) is 85.5 Å². The highest BCUT2D eigenvalue weighted by molar-refractivity contribution is 6.17. The van der Waals surface area contributed by atoms with Gasteiger partial charge in [0.15, 0.2) is 0 Å². The molecule has 0 radical (unpaired) electrons. The van der Waals surface area contributed by atoms with Gasteiger partial charge in [-0.3, -0.25) is 14.4 Å². The van der Waals surface area contributed by atoms with Crippen LogP contribution < -0.4 is 0 Å². The number of rotatable bonds is 0. The third-order valence-corrected chi connectivity index (χ3v) is 8.00. The van der Waals surface area contributed by atoms with Crippen LogP contribution in [0, 0.1) is 0 Å². The molecule has 0 saturated heterocycles. The number of hydrogen-bond acceptors (Lipinski definition) is 3. The second-order valence-corrected chi connectivity index (χ2v) is 9.72. The molecule has 4 heteroatoms. The molecule has 4 nitrogen and oxygen atoms in total. The summed E-state index contributed by atoms with van der Waals surface area (Å²) in [5.41, 5.74) is 15.2. The quantitative estimate of drug-likeness (QED) is 0.243. The number of aromatic nitrogens is 4. The van der Waals surface area contributed by atoms with E-state index in [-0.39, 0.29) is 0 Å². The van der Waals surface area contributed by atoms with Crippen molar-refractivity contribution in [2.75, 3.05) is 0 Å². The fourth-order valence-electron chi connectivity index (χ4n) is 6.52. The minimum Gasteiger partial charge on any atom is -0.289 e. The summed E-state index contributed by atoms with van der Waals surface area (Å²) in [6, 6.07) is 22.4. The SMILES string of the molecule is c1ccc2c(c1)Cc1cc3c(cc1-2)Cc1c-3ccc2c1c1ccncc1n1c3cnccc3nc21. The van der Waals surface area contributed by atoms with E-state index in [1.807, 2.05) is 30.9 Å². The van der Waals surface area contributed by atoms with Gasteiger partial charge in [-0.25, -0.2) is 4.98 Å². The fraction of sp³-hybridized carbons (Fsp3) is 0.0645. The van der Waals surface area contributed by atoms with E-state index in [1.54, 1.807) is 0 Å². The molecule has 0 N–H and O–H groups in total. The summed E-state index contributed by atoms with van der Waals surface area (Å²) in [5, 5.41) is 3.70. The third kappa shape index (κ3) is 2.15. The molecule has 4 aromatic heterocycles. The van der Waals surface area contributed by atoms with Crippen molar-refractivity contribution in [1.29, 1.82) is 0 Å². The maximum Gasteiger partial charge on any atom is 0.146 e. The molecule has 162 valence electrons. The summed E-state index contributed by atoms with van der Waals surface area (Å²) in [5.74, 6) is 0. The lowest BCUT2D eigenvalue weighted by atomic mass is 9.96. The van der Waals surface area contributed by atoms with Crippen LogP contribution in [0.2, 0.25) is 0 Å². The monoisotopic (exact) mass is 446 g/mol. The molecule has 4 heterocycles. The predicted octanol–water partition coefficient (Wildman–Crippen LogP) is 6.73. The Morgan fingerprint density at radius 3 is 2.37 bits per heavy atom. The summed E-state index contributed by atoms with van der Waals surface area (Å²) in [7, 11) is 0. The van der Waals surface area contributed by atoms with Gasteiger partial charge in [0.2, 0.25) is 0 Å². The summed E-state index contributed by atoms with van der Waals surface area (Å²) < 4.78 is 2.22. The standard InChI is InChI=1S/C31H18N4/c1-2-4-20-17(3-1)11-18-12-25-19(13-24(18)20)14-26-21(25)5-6-23-30(26)22-7-9-32-15-28(22)35-29-16-33-10-8-27(29)34-31(23)35/h1-10,12-13,15-16H,11,14H2. The molecule has 0 fully saturated rings. The lowest BCUT2D eigenvalue weighted by molar-refractivity contribution is 1.24. The Kier molecular flexibility index (Phi) is 3.11. The largest absolute Gasteiger partial charge is 0.289 e. The minimum atomic E-state index is 0.937. The molecular weight excluding hydrogens is 428 g/mol. The molecular formula is C31H18N4. The molecule has 3 aromatic carbocycles. The molecule has 7 aromatic rings. The normalized spacial score (nSPS) is 13.5. The number of pyridine rings is 3. The molecule has 35 heavy (non-hydrogen) atoms. The Hall–Kier alpha value is -4.57. The van der Waals surface area contributed by atoms with Crippen LogP contribution in [-0.4, -0.2) is 19.4 Å². The smallest absolute Gasteiger partial charge is 0.146 e. The van der Waals surface area contributed by atoms with E-state index in [4.69, 9.17) is 4.98 Å². The van der Waals surface area contributed by atoms with Gasteiger partial charge in [0.05, 0.1) is 28.9 Å². The zero-order chi connectivity index (χ0) is 22.7. The van der Waals surface area contributed by atoms with Crippen LogP contribution in [0.4, 0.5) is 0 Å². The highest BCUT2D eigenvalue weighted by Crippen LogP contribution is 2.47. The number of benzene rings is 3. The fourth-order valence-corrected chi connectivity index (χ4v) is 6.52. The van der Waals surface area contributed by atoms with Gasteiger partial charge in [-0.15, -0.1) is 0 Å². The zero-order valence-electron chi connectivity index (χ0n) is 18.8. The second-order valence-electron chi connectivity index (χ2n) is 9.72. The summed E-state index contributed by atoms with van der Waals surface area (Å²) in [6.07, 6.45) is 9.53. The number of nitrogens with zero attached hydrogens (tertiary/aromatic N) is 4. The van der Waals surface area contributed by atoms with Gasteiger partial charge in [-0.2, -0.15) is 0 Å². The van der Waals surface area contributed by atoms with Gasteiger partial charge in [0.25, 0.3) is 0 Å². The minimum absolute atomic E-state index is 0.937. The predicted molar refractivity (Wildman–Crippen MR) is 140 cm³/mol. The molecule has 0 amide bonds. The van der Waals surface area contributed by atoms with Crippen molar-refractivity contribution >= 4 is 38.4 Å². The number of fused-ring (bicyclic) bond motifs is 15. The van der Waals surface area contributed by atoms with E-state index < -0.39 is 0 Å². The lowest BCUT2D eigenvalue weighted by Gasteiger charge is -2.12. The van der Waals surface area contributed by atoms with E-state index in [2.05, 4.69) is 69.0 Å². The van der Waals surface area contributed by atoms with Crippen molar-refractivity contribution in [3.8, 4) is 22.3 Å². The summed E-state index contributed by atoms with van der Waals surface area (Å²) in [4.78, 5) is 13.9. The van der Waals surface area contributed by atoms with Gasteiger partial charge < -0.3 is 0 Å². The van der Waals surface area contributed by atoms with Crippen molar-refractivity contribution in [3.63, 3.8) is 0 Å². The van der Waals surface area contributed by atoms with Crippen LogP contribution in [0.25, 0.3) is 60.6 Å². The van der Waals surface area contributed by atoms with Gasteiger partial charge in [-0.05, 0) is 93.1 Å². The molecule has 0 aliphatic heterocycles. The van der Waals surface area contributed by atoms with Crippen LogP contribution in [0.1, 0.15) is 22.3 Å². The van der Waals surface area contributed by atoms with Crippen molar-refractivity contribution in [1.82, 2.24) is 19.4 Å². The topological polar surface area (TPSA) is 43.1 Å². The van der Waals surface area contributed by atoms with Crippen LogP contribution in [0.5, 0.6) is 0 Å². The molecule has 0 atom stereocenters. The lowest BCUT2D eigenvalue weighted by Crippen LogP contribution is -1.95. The second kappa shape index (κ2) is 6.10. The first-order chi connectivity index (χ1) is 17.3. The highest BCUT2D eigenvalue weighted by Gasteiger charge is 2.27. The van der Waals surface area contributed by atoms with E-state index in [0.29, 0.717) is 0 Å². The molecule has 0 unspecified atom stereocenters. The third-order valence-electron chi connectivity index (χ3n) is 8.00. The molecule has 0 saturated carbocycles. The Morgan fingerprint density at radius 1 is 0.629 bits per heavy atom. The molecule has 0 bridgehead atoms. The van der Waals surface area contributed by atoms with Crippen LogP contribution in [-0.2, 0) is 12.8 Å². The zero-order valence-corrected chi connectivity index (χ0v) is 18.8. The van der Waals surface area contributed by atoms with Crippen LogP contribution in [0.3, 0.4) is 0 Å². The van der Waals surface area contributed by atoms with Gasteiger partial charge in [-0.1, -0.05) is 30.3 Å². The summed E-state index contributed by atoms with van der Waals surface area (Å²) in [6.45, 7) is 0. The Morgan fingerprint density at radius 2 is 1.43 bits per heavy atom. The van der Waals surface area contributed by atoms with Gasteiger partial charge in [0.1, 0.15) is 5.65 Å². The molecule has 2 aliphatic rings. The average Bonchev–Trinajstić information content (AvgIpc) is 3.58. The Labute approximate surface area is 200 Å². The van der Waals surface area contributed by atoms with E-state index >= 15 is 0 Å². The first-order valence-corrected chi connectivity index (χ1v) is 12.0. The maximum atomic E-state index is 5.04. The number of hydrogen-bond donors (Lipinski definition) is 0. The van der Waals surface area contributed by atoms with Gasteiger partial charge in [0, 0.05) is 23.2 Å². The first-order valence-electron chi connectivity index (χ1n) is 12.0. The Bertz CT molecular complexity index is 2070. The van der Waals surface area contributed by atoms with Crippen LogP contribution >= 0.6 is 0 Å². The van der Waals surface area contributed by atoms with E-state index in [1.165, 1.54) is 60.7 Å². The van der Waals surface area contributed by atoms with Gasteiger partial charge >= 0.3 is 0 Å². The van der Waals surface area contributed by atoms with E-state index in [9.17, 15) is 0 Å². The highest BCUT2D eigenvalue weighted by atomic mass is 15.0. The van der Waals surface area contributed by atoms with Crippen molar-refractivity contribution in [2.24, 2.45) is 0 Å². The summed E-state index contributed by atoms with van der Waals surface area (Å²) >= 11 is 0. The Balaban J connectivity index is 1.38. The molecule has 9 rings (SSSR count). The first kappa shape index (κ1) is 17.8. The van der Waals surface area contributed by atoms with Crippen molar-refractivity contribution < 1.29 is 0 Å². The molecule has 0 spiro atoms. The van der Waals surface area contributed by atoms with Crippen molar-refractivity contribution in [2.45, 2.75) is 12.8 Å². The van der Waals surface area contributed by atoms with Crippen molar-refractivity contribution in [3.05, 3.63) is 108 Å². The number of imidazole rings is 1.